The van der Waals surface area contributed by atoms with Crippen LogP contribution in [0, 0.1) is 6.92 Å². The molecule has 1 amide bonds. The van der Waals surface area contributed by atoms with Crippen molar-refractivity contribution in [3.05, 3.63) is 41.8 Å². The zero-order chi connectivity index (χ0) is 17.4. The maximum atomic E-state index is 12.7. The largest absolute Gasteiger partial charge is 0.460 e. The molecule has 4 rings (SSSR count). The zero-order valence-corrected chi connectivity index (χ0v) is 14.3. The first kappa shape index (κ1) is 15.6. The van der Waals surface area contributed by atoms with E-state index in [0.717, 1.165) is 24.4 Å². The Labute approximate surface area is 144 Å². The van der Waals surface area contributed by atoms with Crippen LogP contribution in [-0.4, -0.2) is 48.9 Å². The van der Waals surface area contributed by atoms with E-state index in [-0.39, 0.29) is 5.91 Å². The summed E-state index contributed by atoms with van der Waals surface area (Å²) in [7, 11) is 1.95. The maximum Gasteiger partial charge on any atom is 0.274 e. The Bertz CT molecular complexity index is 884. The van der Waals surface area contributed by atoms with Gasteiger partial charge in [-0.25, -0.2) is 0 Å². The first-order valence-electron chi connectivity index (χ1n) is 8.37. The summed E-state index contributed by atoms with van der Waals surface area (Å²) in [5, 5.41) is 15.2. The molecular formula is C17H20N6O2. The molecule has 0 spiro atoms. The summed E-state index contributed by atoms with van der Waals surface area (Å²) in [5.74, 6) is 2.79. The first-order valence-corrected chi connectivity index (χ1v) is 8.37. The van der Waals surface area contributed by atoms with E-state index in [9.17, 15) is 4.79 Å². The summed E-state index contributed by atoms with van der Waals surface area (Å²) in [4.78, 5) is 14.5. The van der Waals surface area contributed by atoms with E-state index >= 15 is 0 Å². The third-order valence-corrected chi connectivity index (χ3v) is 4.70. The molecule has 4 heterocycles. The average molecular weight is 340 g/mol. The molecule has 0 bridgehead atoms. The number of hydrogen-bond acceptors (Lipinski definition) is 5. The third-order valence-electron chi connectivity index (χ3n) is 4.70. The molecular weight excluding hydrogens is 320 g/mol. The Hall–Kier alpha value is -2.90. The van der Waals surface area contributed by atoms with Crippen LogP contribution in [0.5, 0.6) is 0 Å². The van der Waals surface area contributed by atoms with Crippen LogP contribution in [0.1, 0.15) is 40.8 Å². The molecule has 1 fully saturated rings. The number of rotatable bonds is 3. The molecule has 0 aliphatic carbocycles. The lowest BCUT2D eigenvalue weighted by molar-refractivity contribution is 0.0704. The molecule has 8 heteroatoms. The number of nitrogens with one attached hydrogen (secondary N) is 1. The highest BCUT2D eigenvalue weighted by Crippen LogP contribution is 2.27. The number of piperidine rings is 1. The van der Waals surface area contributed by atoms with Gasteiger partial charge < -0.3 is 13.9 Å². The number of nitrogens with zero attached hydrogens (tertiary/aromatic N) is 5. The van der Waals surface area contributed by atoms with Gasteiger partial charge in [-0.05, 0) is 31.9 Å². The Morgan fingerprint density at radius 3 is 2.76 bits per heavy atom. The van der Waals surface area contributed by atoms with Crippen molar-refractivity contribution in [2.24, 2.45) is 7.05 Å². The van der Waals surface area contributed by atoms with E-state index in [1.54, 1.807) is 12.4 Å². The summed E-state index contributed by atoms with van der Waals surface area (Å²) in [5.41, 5.74) is 1.13. The molecule has 3 aromatic heterocycles. The van der Waals surface area contributed by atoms with Gasteiger partial charge in [0, 0.05) is 32.1 Å². The minimum atomic E-state index is -0.0535. The van der Waals surface area contributed by atoms with E-state index < -0.39 is 0 Å². The van der Waals surface area contributed by atoms with E-state index in [2.05, 4.69) is 20.4 Å². The fourth-order valence-corrected chi connectivity index (χ4v) is 3.30. The Morgan fingerprint density at radius 1 is 1.32 bits per heavy atom. The summed E-state index contributed by atoms with van der Waals surface area (Å²) < 4.78 is 7.52. The Balaban J connectivity index is 1.42. The predicted molar refractivity (Wildman–Crippen MR) is 89.9 cm³/mol. The lowest BCUT2D eigenvalue weighted by Crippen LogP contribution is -2.38. The van der Waals surface area contributed by atoms with E-state index in [0.29, 0.717) is 36.2 Å². The predicted octanol–water partition coefficient (Wildman–Crippen LogP) is 2.13. The molecule has 25 heavy (non-hydrogen) atoms. The molecule has 0 atom stereocenters. The second kappa shape index (κ2) is 6.19. The molecule has 130 valence electrons. The van der Waals surface area contributed by atoms with Gasteiger partial charge in [0.15, 0.2) is 11.5 Å². The van der Waals surface area contributed by atoms with Gasteiger partial charge in [-0.2, -0.15) is 5.10 Å². The minimum absolute atomic E-state index is 0.0535. The minimum Gasteiger partial charge on any atom is -0.460 e. The van der Waals surface area contributed by atoms with Gasteiger partial charge in [0.25, 0.3) is 5.91 Å². The van der Waals surface area contributed by atoms with Gasteiger partial charge in [0.2, 0.25) is 0 Å². The van der Waals surface area contributed by atoms with Gasteiger partial charge in [0.1, 0.15) is 23.6 Å². The lowest BCUT2D eigenvalue weighted by Gasteiger charge is -2.30. The van der Waals surface area contributed by atoms with Crippen LogP contribution in [0.4, 0.5) is 0 Å². The van der Waals surface area contributed by atoms with Crippen molar-refractivity contribution in [2.45, 2.75) is 25.7 Å². The number of hydrogen-bond donors (Lipinski definition) is 1. The SMILES string of the molecule is Cc1ccc(-c2cc(C(=O)N3CCC(c4nncn4C)CC3)n[nH]2)o1. The zero-order valence-electron chi connectivity index (χ0n) is 14.3. The summed E-state index contributed by atoms with van der Waals surface area (Å²) in [6.45, 7) is 3.27. The van der Waals surface area contributed by atoms with Gasteiger partial charge in [-0.3, -0.25) is 9.89 Å². The van der Waals surface area contributed by atoms with Crippen LogP contribution in [0.25, 0.3) is 11.5 Å². The van der Waals surface area contributed by atoms with Crippen molar-refractivity contribution in [2.75, 3.05) is 13.1 Å². The molecule has 3 aromatic rings. The standard InChI is InChI=1S/C17H20N6O2/c1-11-3-4-15(25-11)13-9-14(20-19-13)17(24)23-7-5-12(6-8-23)16-21-18-10-22(16)2/h3-4,9-10,12H,5-8H2,1-2H3,(H,19,20). The highest BCUT2D eigenvalue weighted by Gasteiger charge is 2.28. The van der Waals surface area contributed by atoms with E-state index in [1.807, 2.05) is 35.6 Å². The number of carbonyl (C=O) groups excluding carboxylic acids is 1. The van der Waals surface area contributed by atoms with Gasteiger partial charge in [-0.1, -0.05) is 0 Å². The number of amides is 1. The molecule has 0 unspecified atom stereocenters. The second-order valence-corrected chi connectivity index (χ2v) is 6.44. The lowest BCUT2D eigenvalue weighted by atomic mass is 9.95. The van der Waals surface area contributed by atoms with Crippen molar-refractivity contribution in [3.63, 3.8) is 0 Å². The molecule has 1 aliphatic heterocycles. The molecule has 1 N–H and O–H groups in total. The molecule has 1 aliphatic rings. The Kier molecular flexibility index (Phi) is 3.87. The summed E-state index contributed by atoms with van der Waals surface area (Å²) in [6, 6.07) is 5.49. The van der Waals surface area contributed by atoms with Gasteiger partial charge in [-0.15, -0.1) is 10.2 Å². The number of furan rings is 1. The normalized spacial score (nSPS) is 15.7. The van der Waals surface area contributed by atoms with Gasteiger partial charge >= 0.3 is 0 Å². The van der Waals surface area contributed by atoms with Crippen molar-refractivity contribution in [3.8, 4) is 11.5 Å². The monoisotopic (exact) mass is 340 g/mol. The highest BCUT2D eigenvalue weighted by atomic mass is 16.3. The molecule has 8 nitrogen and oxygen atoms in total. The van der Waals surface area contributed by atoms with E-state index in [1.165, 1.54) is 0 Å². The van der Waals surface area contributed by atoms with Crippen molar-refractivity contribution in [1.82, 2.24) is 29.9 Å². The fourth-order valence-electron chi connectivity index (χ4n) is 3.30. The van der Waals surface area contributed by atoms with Crippen LogP contribution in [0.15, 0.2) is 28.9 Å². The van der Waals surface area contributed by atoms with E-state index in [4.69, 9.17) is 4.42 Å². The molecule has 0 saturated carbocycles. The number of aromatic amines is 1. The van der Waals surface area contributed by atoms with Crippen molar-refractivity contribution >= 4 is 5.91 Å². The van der Waals surface area contributed by atoms with Crippen LogP contribution >= 0.6 is 0 Å². The molecule has 0 radical (unpaired) electrons. The third kappa shape index (κ3) is 2.95. The second-order valence-electron chi connectivity index (χ2n) is 6.44. The van der Waals surface area contributed by atoms with Crippen LogP contribution in [0.3, 0.4) is 0 Å². The number of carbonyl (C=O) groups is 1. The number of H-pyrrole nitrogens is 1. The van der Waals surface area contributed by atoms with Crippen LogP contribution in [-0.2, 0) is 7.05 Å². The van der Waals surface area contributed by atoms with Gasteiger partial charge in [0.05, 0.1) is 0 Å². The first-order chi connectivity index (χ1) is 12.1. The number of aromatic nitrogens is 5. The van der Waals surface area contributed by atoms with Crippen LogP contribution < -0.4 is 0 Å². The topological polar surface area (TPSA) is 92.8 Å². The Morgan fingerprint density at radius 2 is 2.12 bits per heavy atom. The van der Waals surface area contributed by atoms with Crippen LogP contribution in [0.2, 0.25) is 0 Å². The smallest absolute Gasteiger partial charge is 0.274 e. The fraction of sp³-hybridized carbons (Fsp3) is 0.412. The highest BCUT2D eigenvalue weighted by molar-refractivity contribution is 5.93. The van der Waals surface area contributed by atoms with Crippen molar-refractivity contribution < 1.29 is 9.21 Å². The quantitative estimate of drug-likeness (QED) is 0.788. The number of aryl methyl sites for hydroxylation is 2. The summed E-state index contributed by atoms with van der Waals surface area (Å²) in [6.07, 6.45) is 3.48. The molecule has 0 aromatic carbocycles. The van der Waals surface area contributed by atoms with Crippen molar-refractivity contribution in [1.29, 1.82) is 0 Å². The summed E-state index contributed by atoms with van der Waals surface area (Å²) >= 11 is 0. The number of likely N-dealkylation sites (tertiary alicyclic amines) is 1. The molecule has 1 saturated heterocycles. The maximum absolute atomic E-state index is 12.7. The average Bonchev–Trinajstić information content (AvgIpc) is 3.35.